The molecule has 1 saturated heterocycles. The van der Waals surface area contributed by atoms with Crippen molar-refractivity contribution < 1.29 is 4.74 Å². The maximum atomic E-state index is 6.19. The monoisotopic (exact) mass is 233 g/mol. The van der Waals surface area contributed by atoms with Crippen molar-refractivity contribution in [1.82, 2.24) is 0 Å². The molecule has 0 radical (unpaired) electrons. The van der Waals surface area contributed by atoms with Crippen LogP contribution in [0.3, 0.4) is 0 Å². The minimum absolute atomic E-state index is 0.245. The van der Waals surface area contributed by atoms with E-state index >= 15 is 0 Å². The fourth-order valence-corrected chi connectivity index (χ4v) is 2.81. The summed E-state index contributed by atoms with van der Waals surface area (Å²) in [5, 5.41) is 0. The molecule has 1 heterocycles. The normalized spacial score (nSPS) is 21.1. The van der Waals surface area contributed by atoms with Crippen LogP contribution in [-0.4, -0.2) is 19.3 Å². The van der Waals surface area contributed by atoms with E-state index in [-0.39, 0.29) is 5.41 Å². The molecule has 1 aliphatic rings. The standard InChI is InChI=1S/C15H23NO/c1-2-14(16)12-15(8-10-17-11-9-15)13-6-4-3-5-7-13/h3-7,14H,2,8-12,16H2,1H3. The Morgan fingerprint density at radius 1 is 1.24 bits per heavy atom. The summed E-state index contributed by atoms with van der Waals surface area (Å²) < 4.78 is 5.52. The predicted octanol–water partition coefficient (Wildman–Crippen LogP) is 2.86. The van der Waals surface area contributed by atoms with Gasteiger partial charge in [-0.1, -0.05) is 37.3 Å². The molecular weight excluding hydrogens is 210 g/mol. The van der Waals surface area contributed by atoms with Gasteiger partial charge in [0.25, 0.3) is 0 Å². The lowest BCUT2D eigenvalue weighted by atomic mass is 9.70. The second-order valence-electron chi connectivity index (χ2n) is 5.13. The Bertz CT molecular complexity index is 330. The predicted molar refractivity (Wildman–Crippen MR) is 71.1 cm³/mol. The van der Waals surface area contributed by atoms with Crippen molar-refractivity contribution in [1.29, 1.82) is 0 Å². The van der Waals surface area contributed by atoms with E-state index in [1.54, 1.807) is 0 Å². The number of nitrogens with two attached hydrogens (primary N) is 1. The summed E-state index contributed by atoms with van der Waals surface area (Å²) >= 11 is 0. The van der Waals surface area contributed by atoms with Crippen molar-refractivity contribution in [3.8, 4) is 0 Å². The molecule has 2 rings (SSSR count). The smallest absolute Gasteiger partial charge is 0.0474 e. The molecule has 0 aromatic heterocycles. The third-order valence-electron chi connectivity index (χ3n) is 4.01. The fourth-order valence-electron chi connectivity index (χ4n) is 2.81. The molecule has 17 heavy (non-hydrogen) atoms. The summed E-state index contributed by atoms with van der Waals surface area (Å²) in [6.07, 6.45) is 4.34. The molecule has 1 unspecified atom stereocenters. The van der Waals surface area contributed by atoms with Crippen LogP contribution in [0.4, 0.5) is 0 Å². The van der Waals surface area contributed by atoms with Crippen LogP contribution in [-0.2, 0) is 10.2 Å². The molecule has 0 saturated carbocycles. The molecule has 1 aromatic rings. The van der Waals surface area contributed by atoms with Gasteiger partial charge in [0.2, 0.25) is 0 Å². The Morgan fingerprint density at radius 3 is 2.47 bits per heavy atom. The second kappa shape index (κ2) is 5.65. The minimum Gasteiger partial charge on any atom is -0.381 e. The van der Waals surface area contributed by atoms with Gasteiger partial charge in [0.05, 0.1) is 0 Å². The molecular formula is C15H23NO. The summed E-state index contributed by atoms with van der Waals surface area (Å²) in [7, 11) is 0. The highest BCUT2D eigenvalue weighted by atomic mass is 16.5. The molecule has 0 spiro atoms. The average molecular weight is 233 g/mol. The van der Waals surface area contributed by atoms with Crippen molar-refractivity contribution in [3.63, 3.8) is 0 Å². The Hall–Kier alpha value is -0.860. The van der Waals surface area contributed by atoms with Crippen molar-refractivity contribution >= 4 is 0 Å². The summed E-state index contributed by atoms with van der Waals surface area (Å²) in [5.41, 5.74) is 7.87. The maximum absolute atomic E-state index is 6.19. The molecule has 1 aliphatic heterocycles. The highest BCUT2D eigenvalue weighted by molar-refractivity contribution is 5.26. The first kappa shape index (κ1) is 12.6. The van der Waals surface area contributed by atoms with E-state index in [1.807, 2.05) is 0 Å². The molecule has 0 bridgehead atoms. The van der Waals surface area contributed by atoms with E-state index in [2.05, 4.69) is 37.3 Å². The molecule has 1 aromatic carbocycles. The average Bonchev–Trinajstić information content (AvgIpc) is 2.40. The first-order chi connectivity index (χ1) is 8.27. The Kier molecular flexibility index (Phi) is 4.19. The van der Waals surface area contributed by atoms with E-state index in [1.165, 1.54) is 5.56 Å². The number of rotatable bonds is 4. The number of hydrogen-bond acceptors (Lipinski definition) is 2. The Morgan fingerprint density at radius 2 is 1.88 bits per heavy atom. The lowest BCUT2D eigenvalue weighted by molar-refractivity contribution is 0.0441. The zero-order valence-corrected chi connectivity index (χ0v) is 10.7. The van der Waals surface area contributed by atoms with Crippen LogP contribution in [0.25, 0.3) is 0 Å². The molecule has 1 atom stereocenters. The van der Waals surface area contributed by atoms with Gasteiger partial charge in [0, 0.05) is 24.7 Å². The maximum Gasteiger partial charge on any atom is 0.0474 e. The Balaban J connectivity index is 2.23. The fraction of sp³-hybridized carbons (Fsp3) is 0.600. The lowest BCUT2D eigenvalue weighted by Gasteiger charge is -2.39. The van der Waals surface area contributed by atoms with Gasteiger partial charge in [-0.25, -0.2) is 0 Å². The van der Waals surface area contributed by atoms with E-state index in [0.717, 1.165) is 38.9 Å². The van der Waals surface area contributed by atoms with Gasteiger partial charge in [-0.3, -0.25) is 0 Å². The Labute approximate surface area is 104 Å². The van der Waals surface area contributed by atoms with Gasteiger partial charge in [0.15, 0.2) is 0 Å². The van der Waals surface area contributed by atoms with Crippen LogP contribution in [0, 0.1) is 0 Å². The molecule has 0 amide bonds. The highest BCUT2D eigenvalue weighted by Gasteiger charge is 2.35. The van der Waals surface area contributed by atoms with Crippen LogP contribution in [0.1, 0.15) is 38.2 Å². The summed E-state index contributed by atoms with van der Waals surface area (Å²) in [6, 6.07) is 11.1. The van der Waals surface area contributed by atoms with Crippen molar-refractivity contribution in [2.24, 2.45) is 5.73 Å². The first-order valence-corrected chi connectivity index (χ1v) is 6.66. The molecule has 2 heteroatoms. The van der Waals surface area contributed by atoms with Crippen molar-refractivity contribution in [3.05, 3.63) is 35.9 Å². The highest BCUT2D eigenvalue weighted by Crippen LogP contribution is 2.38. The quantitative estimate of drug-likeness (QED) is 0.868. The lowest BCUT2D eigenvalue weighted by Crippen LogP contribution is -2.39. The van der Waals surface area contributed by atoms with Gasteiger partial charge in [0.1, 0.15) is 0 Å². The van der Waals surface area contributed by atoms with Crippen LogP contribution >= 0.6 is 0 Å². The zero-order valence-electron chi connectivity index (χ0n) is 10.7. The van der Waals surface area contributed by atoms with Gasteiger partial charge in [-0.05, 0) is 31.2 Å². The first-order valence-electron chi connectivity index (χ1n) is 6.66. The van der Waals surface area contributed by atoms with Crippen molar-refractivity contribution in [2.45, 2.75) is 44.1 Å². The van der Waals surface area contributed by atoms with Gasteiger partial charge in [-0.2, -0.15) is 0 Å². The molecule has 1 fully saturated rings. The molecule has 94 valence electrons. The number of benzene rings is 1. The van der Waals surface area contributed by atoms with Crippen LogP contribution in [0.5, 0.6) is 0 Å². The van der Waals surface area contributed by atoms with Gasteiger partial charge in [-0.15, -0.1) is 0 Å². The van der Waals surface area contributed by atoms with Crippen LogP contribution in [0.2, 0.25) is 0 Å². The number of ether oxygens (including phenoxy) is 1. The third kappa shape index (κ3) is 2.88. The van der Waals surface area contributed by atoms with Crippen LogP contribution < -0.4 is 5.73 Å². The van der Waals surface area contributed by atoms with Gasteiger partial charge >= 0.3 is 0 Å². The largest absolute Gasteiger partial charge is 0.381 e. The SMILES string of the molecule is CCC(N)CC1(c2ccccc2)CCOCC1. The van der Waals surface area contributed by atoms with E-state index in [9.17, 15) is 0 Å². The van der Waals surface area contributed by atoms with E-state index in [4.69, 9.17) is 10.5 Å². The minimum atomic E-state index is 0.245. The molecule has 0 aliphatic carbocycles. The van der Waals surface area contributed by atoms with Crippen molar-refractivity contribution in [2.75, 3.05) is 13.2 Å². The summed E-state index contributed by atoms with van der Waals surface area (Å²) in [5.74, 6) is 0. The molecule has 2 nitrogen and oxygen atoms in total. The topological polar surface area (TPSA) is 35.2 Å². The van der Waals surface area contributed by atoms with E-state index < -0.39 is 0 Å². The van der Waals surface area contributed by atoms with Gasteiger partial charge < -0.3 is 10.5 Å². The summed E-state index contributed by atoms with van der Waals surface area (Å²) in [6.45, 7) is 3.90. The number of hydrogen-bond donors (Lipinski definition) is 1. The zero-order chi connectivity index (χ0) is 12.1. The third-order valence-corrected chi connectivity index (χ3v) is 4.01. The van der Waals surface area contributed by atoms with E-state index in [0.29, 0.717) is 6.04 Å². The molecule has 2 N–H and O–H groups in total. The van der Waals surface area contributed by atoms with Crippen LogP contribution in [0.15, 0.2) is 30.3 Å². The summed E-state index contributed by atoms with van der Waals surface area (Å²) in [4.78, 5) is 0. The second-order valence-corrected chi connectivity index (χ2v) is 5.13.